The second kappa shape index (κ2) is 6.55. The summed E-state index contributed by atoms with van der Waals surface area (Å²) in [7, 11) is 1.00. The van der Waals surface area contributed by atoms with Gasteiger partial charge in [-0.1, -0.05) is 0 Å². The molecular weight excluding hydrogens is 266 g/mol. The van der Waals surface area contributed by atoms with Crippen LogP contribution in [-0.4, -0.2) is 45.8 Å². The maximum Gasteiger partial charge on any atom is 0.330 e. The Kier molecular flexibility index (Phi) is 5.33. The van der Waals surface area contributed by atoms with Crippen molar-refractivity contribution in [3.8, 4) is 0 Å². The highest BCUT2D eigenvalue weighted by atomic mass is 19.1. The Hall–Kier alpha value is -1.58. The highest BCUT2D eigenvalue weighted by molar-refractivity contribution is 4.91. The third-order valence-corrected chi connectivity index (χ3v) is 2.53. The zero-order valence-corrected chi connectivity index (χ0v) is 10.0. The van der Waals surface area contributed by atoms with Crippen LogP contribution in [0.3, 0.4) is 0 Å². The van der Waals surface area contributed by atoms with Crippen LogP contribution in [0.4, 0.5) is 8.78 Å². The molecule has 108 valence electrons. The van der Waals surface area contributed by atoms with E-state index in [1.807, 2.05) is 0 Å². The molecule has 2 heterocycles. The molecule has 1 saturated heterocycles. The Morgan fingerprint density at radius 3 is 2.68 bits per heavy atom. The third kappa shape index (κ3) is 3.25. The Morgan fingerprint density at radius 1 is 1.53 bits per heavy atom. The summed E-state index contributed by atoms with van der Waals surface area (Å²) in [5, 5.41) is 15.8. The van der Waals surface area contributed by atoms with Crippen LogP contribution in [0.5, 0.6) is 0 Å². The second-order valence-electron chi connectivity index (χ2n) is 3.73. The minimum atomic E-state index is -1.55. The SMILES string of the molecule is CO.O=c1[nH]c(=O)n(C2OC(CO)CC2F)cc1F. The lowest BCUT2D eigenvalue weighted by atomic mass is 10.2. The Morgan fingerprint density at radius 2 is 2.16 bits per heavy atom. The number of nitrogens with zero attached hydrogens (tertiary/aromatic N) is 1. The first-order valence-corrected chi connectivity index (χ1v) is 5.39. The van der Waals surface area contributed by atoms with E-state index in [1.165, 1.54) is 0 Å². The molecule has 3 unspecified atom stereocenters. The van der Waals surface area contributed by atoms with Gasteiger partial charge in [-0.3, -0.25) is 14.3 Å². The predicted octanol–water partition coefficient (Wildman–Crippen LogP) is -1.10. The van der Waals surface area contributed by atoms with E-state index in [-0.39, 0.29) is 6.42 Å². The maximum atomic E-state index is 13.5. The fourth-order valence-electron chi connectivity index (χ4n) is 1.71. The van der Waals surface area contributed by atoms with Crippen molar-refractivity contribution in [2.24, 2.45) is 0 Å². The zero-order chi connectivity index (χ0) is 14.6. The lowest BCUT2D eigenvalue weighted by Gasteiger charge is -2.15. The van der Waals surface area contributed by atoms with E-state index in [9.17, 15) is 18.4 Å². The number of aromatic amines is 1. The lowest BCUT2D eigenvalue weighted by Crippen LogP contribution is -2.36. The van der Waals surface area contributed by atoms with Gasteiger partial charge < -0.3 is 14.9 Å². The third-order valence-electron chi connectivity index (χ3n) is 2.53. The van der Waals surface area contributed by atoms with Crippen molar-refractivity contribution in [2.75, 3.05) is 13.7 Å². The number of halogens is 2. The molecule has 3 N–H and O–H groups in total. The van der Waals surface area contributed by atoms with Gasteiger partial charge in [-0.25, -0.2) is 9.18 Å². The van der Waals surface area contributed by atoms with Crippen LogP contribution in [0.25, 0.3) is 0 Å². The van der Waals surface area contributed by atoms with Gasteiger partial charge in [0.25, 0.3) is 5.56 Å². The van der Waals surface area contributed by atoms with Crippen molar-refractivity contribution < 1.29 is 23.7 Å². The number of aromatic nitrogens is 2. The molecule has 1 aliphatic heterocycles. The van der Waals surface area contributed by atoms with Crippen LogP contribution in [0.15, 0.2) is 15.8 Å². The van der Waals surface area contributed by atoms with Crippen LogP contribution in [0, 0.1) is 5.82 Å². The quantitative estimate of drug-likeness (QED) is 0.638. The van der Waals surface area contributed by atoms with Gasteiger partial charge in [0.1, 0.15) is 6.17 Å². The summed E-state index contributed by atoms with van der Waals surface area (Å²) >= 11 is 0. The highest BCUT2D eigenvalue weighted by Crippen LogP contribution is 2.29. The fraction of sp³-hybridized carbons (Fsp3) is 0.600. The molecule has 0 spiro atoms. The topological polar surface area (TPSA) is 105 Å². The summed E-state index contributed by atoms with van der Waals surface area (Å²) in [6, 6.07) is 0. The Balaban J connectivity index is 0.000000861. The van der Waals surface area contributed by atoms with Gasteiger partial charge in [-0.15, -0.1) is 0 Å². The van der Waals surface area contributed by atoms with Crippen LogP contribution >= 0.6 is 0 Å². The van der Waals surface area contributed by atoms with Gasteiger partial charge in [0.05, 0.1) is 18.9 Å². The van der Waals surface area contributed by atoms with Gasteiger partial charge in [0, 0.05) is 13.5 Å². The number of ether oxygens (including phenoxy) is 1. The highest BCUT2D eigenvalue weighted by Gasteiger charge is 2.37. The molecule has 9 heteroatoms. The average molecular weight is 280 g/mol. The minimum absolute atomic E-state index is 0.0889. The van der Waals surface area contributed by atoms with E-state index in [0.29, 0.717) is 10.8 Å². The molecule has 1 aliphatic rings. The molecule has 19 heavy (non-hydrogen) atoms. The molecule has 2 rings (SSSR count). The smallest absolute Gasteiger partial charge is 0.330 e. The molecule has 0 aliphatic carbocycles. The molecular formula is C10H14F2N2O5. The van der Waals surface area contributed by atoms with Crippen LogP contribution in [0.1, 0.15) is 12.6 Å². The summed E-state index contributed by atoms with van der Waals surface area (Å²) in [4.78, 5) is 23.8. The molecule has 1 aromatic rings. The van der Waals surface area contributed by atoms with E-state index >= 15 is 0 Å². The van der Waals surface area contributed by atoms with Crippen molar-refractivity contribution in [1.82, 2.24) is 9.55 Å². The summed E-state index contributed by atoms with van der Waals surface area (Å²) in [5.41, 5.74) is -2.12. The molecule has 0 radical (unpaired) electrons. The number of nitrogens with one attached hydrogen (secondary N) is 1. The van der Waals surface area contributed by atoms with Gasteiger partial charge in [-0.05, 0) is 0 Å². The molecule has 0 saturated carbocycles. The second-order valence-corrected chi connectivity index (χ2v) is 3.73. The van der Waals surface area contributed by atoms with E-state index in [0.717, 1.165) is 7.11 Å². The maximum absolute atomic E-state index is 13.5. The Labute approximate surface area is 106 Å². The number of aliphatic hydroxyl groups is 2. The van der Waals surface area contributed by atoms with Gasteiger partial charge >= 0.3 is 5.69 Å². The molecule has 1 fully saturated rings. The average Bonchev–Trinajstić information content (AvgIpc) is 2.77. The molecule has 0 bridgehead atoms. The fourth-order valence-corrected chi connectivity index (χ4v) is 1.71. The Bertz CT molecular complexity index is 529. The summed E-state index contributed by atoms with van der Waals surface area (Å²) in [5.74, 6) is -1.20. The number of aliphatic hydroxyl groups excluding tert-OH is 2. The van der Waals surface area contributed by atoms with Crippen molar-refractivity contribution in [1.29, 1.82) is 0 Å². The van der Waals surface area contributed by atoms with Gasteiger partial charge in [0.15, 0.2) is 6.23 Å². The number of hydrogen-bond donors (Lipinski definition) is 3. The molecule has 7 nitrogen and oxygen atoms in total. The van der Waals surface area contributed by atoms with Crippen molar-refractivity contribution >= 4 is 0 Å². The minimum Gasteiger partial charge on any atom is -0.400 e. The molecule has 3 atom stereocenters. The van der Waals surface area contributed by atoms with Crippen LogP contribution < -0.4 is 11.2 Å². The first-order chi connectivity index (χ1) is 9.02. The van der Waals surface area contributed by atoms with Crippen LogP contribution in [-0.2, 0) is 4.74 Å². The molecule has 0 aromatic carbocycles. The first-order valence-electron chi connectivity index (χ1n) is 5.39. The zero-order valence-electron chi connectivity index (χ0n) is 10.0. The van der Waals surface area contributed by atoms with Gasteiger partial charge in [-0.2, -0.15) is 4.39 Å². The van der Waals surface area contributed by atoms with Crippen molar-refractivity contribution in [3.63, 3.8) is 0 Å². The van der Waals surface area contributed by atoms with Gasteiger partial charge in [0.2, 0.25) is 5.82 Å². The normalized spacial score (nSPS) is 25.8. The summed E-state index contributed by atoms with van der Waals surface area (Å²) < 4.78 is 32.2. The number of rotatable bonds is 2. The predicted molar refractivity (Wildman–Crippen MR) is 59.9 cm³/mol. The molecule has 1 aromatic heterocycles. The van der Waals surface area contributed by atoms with E-state index < -0.39 is 42.2 Å². The number of alkyl halides is 1. The number of hydrogen-bond acceptors (Lipinski definition) is 5. The molecule has 0 amide bonds. The van der Waals surface area contributed by atoms with E-state index in [2.05, 4.69) is 0 Å². The number of H-pyrrole nitrogens is 1. The van der Waals surface area contributed by atoms with Crippen LogP contribution in [0.2, 0.25) is 0 Å². The standard InChI is InChI=1S/C9H10F2N2O4.CH4O/c10-5-1-4(3-14)17-8(5)13-2-6(11)7(15)12-9(13)16;1-2/h2,4-5,8,14H,1,3H2,(H,12,15,16);2H,1H3. The largest absolute Gasteiger partial charge is 0.400 e. The lowest BCUT2D eigenvalue weighted by molar-refractivity contribution is -0.0399. The monoisotopic (exact) mass is 280 g/mol. The first kappa shape index (κ1) is 15.5. The summed E-state index contributed by atoms with van der Waals surface area (Å²) in [6.45, 7) is -0.391. The van der Waals surface area contributed by atoms with Crippen molar-refractivity contribution in [2.45, 2.75) is 24.9 Å². The van der Waals surface area contributed by atoms with Crippen molar-refractivity contribution in [3.05, 3.63) is 32.9 Å². The van der Waals surface area contributed by atoms with E-state index in [4.69, 9.17) is 14.9 Å². The summed E-state index contributed by atoms with van der Waals surface area (Å²) in [6.07, 6.45) is -3.11. The van der Waals surface area contributed by atoms with E-state index in [1.54, 1.807) is 4.98 Å².